The number of phenols is 1. The van der Waals surface area contributed by atoms with E-state index >= 15 is 0 Å². The van der Waals surface area contributed by atoms with E-state index < -0.39 is 0 Å². The van der Waals surface area contributed by atoms with E-state index in [0.717, 1.165) is 38.1 Å². The van der Waals surface area contributed by atoms with E-state index in [-0.39, 0.29) is 5.41 Å². The Morgan fingerprint density at radius 2 is 2.13 bits per heavy atom. The summed E-state index contributed by atoms with van der Waals surface area (Å²) in [6.07, 6.45) is 7.49. The zero-order valence-corrected chi connectivity index (χ0v) is 13.6. The predicted molar refractivity (Wildman–Crippen MR) is 88.5 cm³/mol. The third-order valence-corrected chi connectivity index (χ3v) is 6.98. The van der Waals surface area contributed by atoms with E-state index in [1.54, 1.807) is 0 Å². The molecule has 5 rings (SSSR count). The van der Waals surface area contributed by atoms with Crippen LogP contribution in [0.2, 0.25) is 0 Å². The number of hydrogen-bond donors (Lipinski definition) is 1. The molecule has 0 radical (unpaired) electrons. The van der Waals surface area contributed by atoms with Crippen LogP contribution < -0.4 is 0 Å². The van der Waals surface area contributed by atoms with Gasteiger partial charge in [0.2, 0.25) is 0 Å². The van der Waals surface area contributed by atoms with Crippen molar-refractivity contribution in [3.05, 3.63) is 29.3 Å². The molecule has 2 bridgehead atoms. The van der Waals surface area contributed by atoms with Gasteiger partial charge in [0.05, 0.1) is 0 Å². The number of Topliss-reactive ketones (excluding diaryl/α,β-unsaturated/α-hetero) is 1. The van der Waals surface area contributed by atoms with Gasteiger partial charge in [-0.15, -0.1) is 0 Å². The number of carbonyl (C=O) groups excluding carboxylic acids is 1. The lowest BCUT2D eigenvalue weighted by Crippen LogP contribution is -2.62. The topological polar surface area (TPSA) is 40.5 Å². The molecule has 0 spiro atoms. The third kappa shape index (κ3) is 2.09. The molecule has 4 aliphatic rings. The molecule has 1 aromatic carbocycles. The van der Waals surface area contributed by atoms with Gasteiger partial charge in [-0.05, 0) is 73.7 Å². The van der Waals surface area contributed by atoms with Crippen LogP contribution in [0.5, 0.6) is 5.75 Å². The molecule has 1 heterocycles. The summed E-state index contributed by atoms with van der Waals surface area (Å²) in [6, 6.07) is 6.50. The van der Waals surface area contributed by atoms with E-state index in [4.69, 9.17) is 0 Å². The van der Waals surface area contributed by atoms with Crippen LogP contribution in [0.15, 0.2) is 18.2 Å². The minimum Gasteiger partial charge on any atom is -0.508 e. The molecule has 0 aromatic heterocycles. The van der Waals surface area contributed by atoms with Crippen LogP contribution in [0.1, 0.15) is 49.7 Å². The van der Waals surface area contributed by atoms with Crippen molar-refractivity contribution in [1.82, 2.24) is 4.90 Å². The summed E-state index contributed by atoms with van der Waals surface area (Å²) in [4.78, 5) is 15.0. The molecule has 1 aliphatic heterocycles. The van der Waals surface area contributed by atoms with Crippen LogP contribution >= 0.6 is 0 Å². The highest BCUT2D eigenvalue weighted by atomic mass is 16.3. The first-order valence-electron chi connectivity index (χ1n) is 9.24. The molecule has 1 N–H and O–H groups in total. The van der Waals surface area contributed by atoms with Gasteiger partial charge in [-0.2, -0.15) is 0 Å². The number of phenolic OH excluding ortho intramolecular Hbond substituents is 1. The summed E-state index contributed by atoms with van der Waals surface area (Å²) in [6.45, 7) is 2.39. The zero-order valence-electron chi connectivity index (χ0n) is 13.6. The second-order valence-electron chi connectivity index (χ2n) is 8.32. The van der Waals surface area contributed by atoms with Crippen LogP contribution in [0.4, 0.5) is 0 Å². The first-order valence-corrected chi connectivity index (χ1v) is 9.24. The monoisotopic (exact) mass is 311 g/mol. The van der Waals surface area contributed by atoms with E-state index in [2.05, 4.69) is 11.0 Å². The second kappa shape index (κ2) is 4.83. The van der Waals surface area contributed by atoms with Gasteiger partial charge in [0.15, 0.2) is 0 Å². The predicted octanol–water partition coefficient (Wildman–Crippen LogP) is 3.04. The number of rotatable bonds is 2. The van der Waals surface area contributed by atoms with Crippen molar-refractivity contribution in [3.8, 4) is 5.75 Å². The first-order chi connectivity index (χ1) is 11.2. The lowest BCUT2D eigenvalue weighted by atomic mass is 9.52. The molecule has 3 nitrogen and oxygen atoms in total. The molecule has 1 saturated heterocycles. The SMILES string of the molecule is O=C1CC[C@H]2[C@H]3Cc4ccc(O)cc4[C@@]2(CCN3CC2CC2)C1. The lowest BCUT2D eigenvalue weighted by Gasteiger charge is -2.58. The number of nitrogens with zero attached hydrogens (tertiary/aromatic N) is 1. The van der Waals surface area contributed by atoms with Gasteiger partial charge in [-0.3, -0.25) is 9.69 Å². The standard InChI is InChI=1S/C20H25NO2/c22-15-4-3-14-9-19-17-6-5-16(23)11-20(17,18(14)10-15)7-8-21(19)12-13-1-2-13/h3-4,10,13,17,19,22H,1-2,5-9,11-12H2/t17-,19+,20-/m0/s1. The van der Waals surface area contributed by atoms with E-state index in [0.29, 0.717) is 29.9 Å². The fourth-order valence-electron chi connectivity index (χ4n) is 5.75. The summed E-state index contributed by atoms with van der Waals surface area (Å²) >= 11 is 0. The Bertz CT molecular complexity index is 666. The molecule has 1 aromatic rings. The molecule has 2 saturated carbocycles. The fourth-order valence-corrected chi connectivity index (χ4v) is 5.75. The maximum atomic E-state index is 12.3. The molecule has 3 atom stereocenters. The molecule has 23 heavy (non-hydrogen) atoms. The van der Waals surface area contributed by atoms with Gasteiger partial charge in [-0.1, -0.05) is 6.07 Å². The van der Waals surface area contributed by atoms with E-state index in [1.807, 2.05) is 12.1 Å². The van der Waals surface area contributed by atoms with Crippen LogP contribution in [0.25, 0.3) is 0 Å². The van der Waals surface area contributed by atoms with Gasteiger partial charge >= 0.3 is 0 Å². The van der Waals surface area contributed by atoms with Gasteiger partial charge in [0.1, 0.15) is 11.5 Å². The summed E-state index contributed by atoms with van der Waals surface area (Å²) in [5.74, 6) is 2.30. The highest BCUT2D eigenvalue weighted by molar-refractivity contribution is 5.81. The number of piperidine rings is 1. The number of aromatic hydroxyl groups is 1. The smallest absolute Gasteiger partial charge is 0.133 e. The summed E-state index contributed by atoms with van der Waals surface area (Å²) < 4.78 is 0. The minimum atomic E-state index is 0.00632. The fraction of sp³-hybridized carbons (Fsp3) is 0.650. The van der Waals surface area contributed by atoms with Crippen molar-refractivity contribution in [2.45, 2.75) is 56.4 Å². The van der Waals surface area contributed by atoms with Gasteiger partial charge in [0, 0.05) is 30.8 Å². The summed E-state index contributed by atoms with van der Waals surface area (Å²) in [5, 5.41) is 10.0. The van der Waals surface area contributed by atoms with Crippen molar-refractivity contribution >= 4 is 5.78 Å². The Balaban J connectivity index is 1.60. The highest BCUT2D eigenvalue weighted by Gasteiger charge is 2.55. The van der Waals surface area contributed by atoms with Crippen molar-refractivity contribution < 1.29 is 9.90 Å². The average Bonchev–Trinajstić information content (AvgIpc) is 3.34. The largest absolute Gasteiger partial charge is 0.508 e. The number of carbonyl (C=O) groups is 1. The van der Waals surface area contributed by atoms with Crippen LogP contribution in [0.3, 0.4) is 0 Å². The van der Waals surface area contributed by atoms with Crippen molar-refractivity contribution in [3.63, 3.8) is 0 Å². The van der Waals surface area contributed by atoms with E-state index in [1.165, 1.54) is 30.5 Å². The quantitative estimate of drug-likeness (QED) is 0.912. The molecule has 0 amide bonds. The Kier molecular flexibility index (Phi) is 2.94. The number of ketones is 1. The summed E-state index contributed by atoms with van der Waals surface area (Å²) in [5.41, 5.74) is 2.67. The second-order valence-corrected chi connectivity index (χ2v) is 8.32. The third-order valence-electron chi connectivity index (χ3n) is 6.98. The Morgan fingerprint density at radius 3 is 2.96 bits per heavy atom. The van der Waals surface area contributed by atoms with Gasteiger partial charge < -0.3 is 5.11 Å². The van der Waals surface area contributed by atoms with Crippen molar-refractivity contribution in [2.24, 2.45) is 11.8 Å². The van der Waals surface area contributed by atoms with Gasteiger partial charge in [0.25, 0.3) is 0 Å². The Labute approximate surface area is 137 Å². The molecule has 3 heteroatoms. The maximum absolute atomic E-state index is 12.3. The van der Waals surface area contributed by atoms with Crippen molar-refractivity contribution in [1.29, 1.82) is 0 Å². The van der Waals surface area contributed by atoms with E-state index in [9.17, 15) is 9.90 Å². The Hall–Kier alpha value is -1.35. The number of fused-ring (bicyclic) bond motifs is 1. The Morgan fingerprint density at radius 1 is 1.26 bits per heavy atom. The first kappa shape index (κ1) is 14.0. The zero-order chi connectivity index (χ0) is 15.6. The number of likely N-dealkylation sites (tertiary alicyclic amines) is 1. The van der Waals surface area contributed by atoms with Crippen LogP contribution in [0, 0.1) is 11.8 Å². The maximum Gasteiger partial charge on any atom is 0.133 e. The normalized spacial score (nSPS) is 36.4. The average molecular weight is 311 g/mol. The highest BCUT2D eigenvalue weighted by Crippen LogP contribution is 2.55. The minimum absolute atomic E-state index is 0.00632. The molecule has 3 fully saturated rings. The molecular formula is C20H25NO2. The number of hydrogen-bond acceptors (Lipinski definition) is 3. The lowest BCUT2D eigenvalue weighted by molar-refractivity contribution is -0.127. The molecule has 122 valence electrons. The molecule has 3 aliphatic carbocycles. The van der Waals surface area contributed by atoms with Gasteiger partial charge in [-0.25, -0.2) is 0 Å². The molecular weight excluding hydrogens is 286 g/mol. The van der Waals surface area contributed by atoms with Crippen LogP contribution in [-0.4, -0.2) is 34.9 Å². The summed E-state index contributed by atoms with van der Waals surface area (Å²) in [7, 11) is 0. The number of benzene rings is 1. The van der Waals surface area contributed by atoms with Crippen molar-refractivity contribution in [2.75, 3.05) is 13.1 Å². The van der Waals surface area contributed by atoms with Crippen LogP contribution in [-0.2, 0) is 16.6 Å². The molecule has 0 unspecified atom stereocenters.